The Labute approximate surface area is 71.9 Å². The molecular weight excluding hydrogens is 155 g/mol. The Morgan fingerprint density at radius 3 is 2.50 bits per heavy atom. The van der Waals surface area contributed by atoms with Crippen molar-refractivity contribution >= 4 is 0 Å². The fourth-order valence-corrected chi connectivity index (χ4v) is 1.03. The second kappa shape index (κ2) is 3.68. The highest BCUT2D eigenvalue weighted by molar-refractivity contribution is 5.32. The first kappa shape index (κ1) is 9.20. The van der Waals surface area contributed by atoms with E-state index in [-0.39, 0.29) is 12.4 Å². The van der Waals surface area contributed by atoms with E-state index < -0.39 is 0 Å². The van der Waals surface area contributed by atoms with Gasteiger partial charge in [0.05, 0.1) is 6.61 Å². The maximum Gasteiger partial charge on any atom is 0.123 e. The third-order valence-electron chi connectivity index (χ3n) is 1.72. The molecule has 0 heterocycles. The Kier molecular flexibility index (Phi) is 2.82. The maximum absolute atomic E-state index is 12.9. The van der Waals surface area contributed by atoms with E-state index in [9.17, 15) is 4.39 Å². The van der Waals surface area contributed by atoms with Crippen LogP contribution in [0.15, 0.2) is 18.2 Å². The summed E-state index contributed by atoms with van der Waals surface area (Å²) in [6, 6.07) is 4.60. The molecule has 0 aromatic heterocycles. The molecule has 1 N–H and O–H groups in total. The van der Waals surface area contributed by atoms with Crippen LogP contribution in [0.3, 0.4) is 0 Å². The summed E-state index contributed by atoms with van der Waals surface area (Å²) >= 11 is 0. The SMILES string of the molecule is C[C](C)c1cc(F)cc(CO)c1. The molecule has 65 valence electrons. The van der Waals surface area contributed by atoms with E-state index in [0.717, 1.165) is 11.5 Å². The number of aliphatic hydroxyl groups excluding tert-OH is 1. The summed E-state index contributed by atoms with van der Waals surface area (Å²) < 4.78 is 12.9. The number of rotatable bonds is 2. The molecule has 0 aliphatic rings. The summed E-state index contributed by atoms with van der Waals surface area (Å²) in [5.41, 5.74) is 1.46. The van der Waals surface area contributed by atoms with Gasteiger partial charge in [-0.05, 0) is 29.2 Å². The Balaban J connectivity index is 3.06. The third kappa shape index (κ3) is 2.05. The van der Waals surface area contributed by atoms with Gasteiger partial charge in [-0.3, -0.25) is 0 Å². The van der Waals surface area contributed by atoms with Crippen LogP contribution in [0, 0.1) is 11.7 Å². The lowest BCUT2D eigenvalue weighted by Gasteiger charge is -2.06. The topological polar surface area (TPSA) is 20.2 Å². The molecule has 1 aromatic rings. The van der Waals surface area contributed by atoms with Crippen LogP contribution in [-0.4, -0.2) is 5.11 Å². The zero-order valence-electron chi connectivity index (χ0n) is 7.26. The summed E-state index contributed by atoms with van der Waals surface area (Å²) in [6.07, 6.45) is 0. The van der Waals surface area contributed by atoms with Crippen molar-refractivity contribution in [2.75, 3.05) is 0 Å². The fourth-order valence-electron chi connectivity index (χ4n) is 1.03. The molecule has 0 atom stereocenters. The second-order valence-corrected chi connectivity index (χ2v) is 3.01. The second-order valence-electron chi connectivity index (χ2n) is 3.01. The van der Waals surface area contributed by atoms with E-state index in [2.05, 4.69) is 0 Å². The predicted molar refractivity (Wildman–Crippen MR) is 46.0 cm³/mol. The van der Waals surface area contributed by atoms with Crippen molar-refractivity contribution in [3.8, 4) is 0 Å². The van der Waals surface area contributed by atoms with Crippen molar-refractivity contribution in [1.29, 1.82) is 0 Å². The quantitative estimate of drug-likeness (QED) is 0.716. The number of aliphatic hydroxyl groups is 1. The standard InChI is InChI=1S/C10H12FO/c1-7(2)9-3-8(6-12)4-10(11)5-9/h3-5,12H,6H2,1-2H3. The van der Waals surface area contributed by atoms with Gasteiger partial charge in [-0.25, -0.2) is 4.39 Å². The number of hydrogen-bond acceptors (Lipinski definition) is 1. The highest BCUT2D eigenvalue weighted by Crippen LogP contribution is 2.16. The van der Waals surface area contributed by atoms with Crippen LogP contribution >= 0.6 is 0 Å². The summed E-state index contributed by atoms with van der Waals surface area (Å²) in [5.74, 6) is 0.752. The van der Waals surface area contributed by atoms with Crippen LogP contribution in [0.25, 0.3) is 0 Å². The van der Waals surface area contributed by atoms with Gasteiger partial charge in [-0.2, -0.15) is 0 Å². The smallest absolute Gasteiger partial charge is 0.123 e. The van der Waals surface area contributed by atoms with Crippen molar-refractivity contribution in [2.45, 2.75) is 20.5 Å². The van der Waals surface area contributed by atoms with Crippen LogP contribution in [0.4, 0.5) is 4.39 Å². The molecular formula is C10H12FO. The van der Waals surface area contributed by atoms with Crippen LogP contribution in [0.2, 0.25) is 0 Å². The van der Waals surface area contributed by atoms with Crippen molar-refractivity contribution < 1.29 is 9.50 Å². The molecule has 12 heavy (non-hydrogen) atoms. The zero-order valence-corrected chi connectivity index (χ0v) is 7.26. The first-order chi connectivity index (χ1) is 5.63. The van der Waals surface area contributed by atoms with E-state index in [4.69, 9.17) is 5.11 Å². The van der Waals surface area contributed by atoms with Gasteiger partial charge in [0.25, 0.3) is 0 Å². The Hall–Kier alpha value is -0.890. The van der Waals surface area contributed by atoms with E-state index in [1.165, 1.54) is 12.1 Å². The molecule has 0 saturated carbocycles. The molecule has 0 aliphatic heterocycles. The normalized spacial score (nSPS) is 10.8. The van der Waals surface area contributed by atoms with Crippen molar-refractivity contribution in [3.63, 3.8) is 0 Å². The van der Waals surface area contributed by atoms with Crippen LogP contribution < -0.4 is 0 Å². The average molecular weight is 167 g/mol. The molecule has 1 radical (unpaired) electrons. The molecule has 0 fully saturated rings. The molecule has 0 saturated heterocycles. The number of halogens is 1. The van der Waals surface area contributed by atoms with Gasteiger partial charge < -0.3 is 5.11 Å². The monoisotopic (exact) mass is 167 g/mol. The summed E-state index contributed by atoms with van der Waals surface area (Å²) in [7, 11) is 0. The number of hydrogen-bond donors (Lipinski definition) is 1. The zero-order chi connectivity index (χ0) is 9.14. The van der Waals surface area contributed by atoms with E-state index in [1.54, 1.807) is 6.07 Å². The van der Waals surface area contributed by atoms with Crippen LogP contribution in [0.1, 0.15) is 25.0 Å². The predicted octanol–water partition coefficient (Wildman–Crippen LogP) is 2.28. The van der Waals surface area contributed by atoms with Crippen LogP contribution in [-0.2, 0) is 6.61 Å². The van der Waals surface area contributed by atoms with Gasteiger partial charge in [0.2, 0.25) is 0 Å². The van der Waals surface area contributed by atoms with E-state index >= 15 is 0 Å². The number of benzene rings is 1. The fraction of sp³-hybridized carbons (Fsp3) is 0.300. The molecule has 1 rings (SSSR count). The molecule has 2 heteroatoms. The van der Waals surface area contributed by atoms with Gasteiger partial charge in [-0.1, -0.05) is 19.9 Å². The van der Waals surface area contributed by atoms with Crippen molar-refractivity contribution in [3.05, 3.63) is 41.1 Å². The molecule has 0 bridgehead atoms. The first-order valence-corrected chi connectivity index (χ1v) is 3.84. The molecule has 0 amide bonds. The molecule has 1 nitrogen and oxygen atoms in total. The molecule has 0 spiro atoms. The highest BCUT2D eigenvalue weighted by Gasteiger charge is 2.03. The lowest BCUT2D eigenvalue weighted by atomic mass is 10.0. The molecule has 1 aromatic carbocycles. The Morgan fingerprint density at radius 2 is 2.00 bits per heavy atom. The van der Waals surface area contributed by atoms with Crippen LogP contribution in [0.5, 0.6) is 0 Å². The van der Waals surface area contributed by atoms with Crippen molar-refractivity contribution in [1.82, 2.24) is 0 Å². The minimum absolute atomic E-state index is 0.113. The van der Waals surface area contributed by atoms with E-state index in [1.807, 2.05) is 13.8 Å². The minimum atomic E-state index is -0.294. The average Bonchev–Trinajstić information content (AvgIpc) is 2.03. The summed E-state index contributed by atoms with van der Waals surface area (Å²) in [4.78, 5) is 0. The Morgan fingerprint density at radius 1 is 1.33 bits per heavy atom. The minimum Gasteiger partial charge on any atom is -0.392 e. The lowest BCUT2D eigenvalue weighted by Crippen LogP contribution is -1.93. The third-order valence-corrected chi connectivity index (χ3v) is 1.72. The van der Waals surface area contributed by atoms with Gasteiger partial charge in [-0.15, -0.1) is 0 Å². The Bertz CT molecular complexity index is 269. The molecule has 0 unspecified atom stereocenters. The van der Waals surface area contributed by atoms with Crippen molar-refractivity contribution in [2.24, 2.45) is 0 Å². The summed E-state index contributed by atoms with van der Waals surface area (Å²) in [5, 5.41) is 8.79. The van der Waals surface area contributed by atoms with Gasteiger partial charge in [0.1, 0.15) is 5.82 Å². The van der Waals surface area contributed by atoms with E-state index in [0.29, 0.717) is 5.56 Å². The van der Waals surface area contributed by atoms with Gasteiger partial charge >= 0.3 is 0 Å². The lowest BCUT2D eigenvalue weighted by molar-refractivity contribution is 0.281. The maximum atomic E-state index is 12.9. The highest BCUT2D eigenvalue weighted by atomic mass is 19.1. The largest absolute Gasteiger partial charge is 0.392 e. The molecule has 0 aliphatic carbocycles. The summed E-state index contributed by atoms with van der Waals surface area (Å²) in [6.45, 7) is 3.71. The van der Waals surface area contributed by atoms with Gasteiger partial charge in [0.15, 0.2) is 0 Å². The first-order valence-electron chi connectivity index (χ1n) is 3.84. The van der Waals surface area contributed by atoms with Gasteiger partial charge in [0, 0.05) is 0 Å².